The first kappa shape index (κ1) is 17.0. The van der Waals surface area contributed by atoms with Crippen molar-refractivity contribution < 1.29 is 13.9 Å². The van der Waals surface area contributed by atoms with Gasteiger partial charge in [-0.1, -0.05) is 6.07 Å². The fraction of sp³-hybridized carbons (Fsp3) is 0.0556. The largest absolute Gasteiger partial charge is 0.438 e. The van der Waals surface area contributed by atoms with Gasteiger partial charge in [-0.05, 0) is 59.3 Å². The number of halogens is 2. The van der Waals surface area contributed by atoms with E-state index >= 15 is 0 Å². The SMILES string of the molecule is Cc1cccc(NC(=O)c2ccc(Oc3ccc(F)cc3Br)nc2)n1. The molecule has 0 aliphatic heterocycles. The lowest BCUT2D eigenvalue weighted by Gasteiger charge is -2.08. The number of hydrogen-bond acceptors (Lipinski definition) is 4. The number of aromatic nitrogens is 2. The molecule has 0 saturated heterocycles. The van der Waals surface area contributed by atoms with E-state index in [4.69, 9.17) is 4.74 Å². The van der Waals surface area contributed by atoms with E-state index in [0.717, 1.165) is 5.69 Å². The number of amides is 1. The van der Waals surface area contributed by atoms with E-state index in [-0.39, 0.29) is 17.6 Å². The molecular weight excluding hydrogens is 389 g/mol. The number of hydrogen-bond donors (Lipinski definition) is 1. The number of anilines is 1. The highest BCUT2D eigenvalue weighted by atomic mass is 79.9. The maximum atomic E-state index is 13.1. The molecule has 3 aromatic rings. The molecule has 0 aliphatic carbocycles. The number of nitrogens with one attached hydrogen (secondary N) is 1. The number of benzene rings is 1. The zero-order valence-corrected chi connectivity index (χ0v) is 14.7. The van der Waals surface area contributed by atoms with Gasteiger partial charge in [0.15, 0.2) is 0 Å². The Kier molecular flexibility index (Phi) is 5.04. The van der Waals surface area contributed by atoms with Crippen molar-refractivity contribution in [2.75, 3.05) is 5.32 Å². The zero-order valence-electron chi connectivity index (χ0n) is 13.2. The average Bonchev–Trinajstić information content (AvgIpc) is 2.58. The number of aryl methyl sites for hydroxylation is 1. The minimum absolute atomic E-state index is 0.289. The van der Waals surface area contributed by atoms with Crippen molar-refractivity contribution in [2.45, 2.75) is 6.92 Å². The summed E-state index contributed by atoms with van der Waals surface area (Å²) in [6.07, 6.45) is 1.40. The van der Waals surface area contributed by atoms with Crippen molar-refractivity contribution in [2.24, 2.45) is 0 Å². The highest BCUT2D eigenvalue weighted by Gasteiger charge is 2.09. The fourth-order valence-electron chi connectivity index (χ4n) is 2.05. The van der Waals surface area contributed by atoms with E-state index in [0.29, 0.717) is 21.6 Å². The lowest BCUT2D eigenvalue weighted by molar-refractivity contribution is 0.102. The topological polar surface area (TPSA) is 64.1 Å². The molecule has 3 rings (SSSR count). The van der Waals surface area contributed by atoms with E-state index in [1.54, 1.807) is 18.2 Å². The standard InChI is InChI=1S/C18H13BrFN3O2/c1-11-3-2-4-16(22-11)23-18(24)12-5-8-17(21-10-12)25-15-7-6-13(20)9-14(15)19/h2-10H,1H3,(H,22,23,24). The molecule has 0 aliphatic rings. The van der Waals surface area contributed by atoms with Gasteiger partial charge in [-0.15, -0.1) is 0 Å². The van der Waals surface area contributed by atoms with E-state index in [2.05, 4.69) is 31.2 Å². The average molecular weight is 402 g/mol. The second kappa shape index (κ2) is 7.40. The summed E-state index contributed by atoms with van der Waals surface area (Å²) in [4.78, 5) is 20.5. The third-order valence-electron chi connectivity index (χ3n) is 3.24. The van der Waals surface area contributed by atoms with Crippen LogP contribution in [0.3, 0.4) is 0 Å². The normalized spacial score (nSPS) is 10.4. The summed E-state index contributed by atoms with van der Waals surface area (Å²) in [6, 6.07) is 12.6. The van der Waals surface area contributed by atoms with Crippen LogP contribution in [0, 0.1) is 12.7 Å². The van der Waals surface area contributed by atoms with Crippen LogP contribution >= 0.6 is 15.9 Å². The molecule has 7 heteroatoms. The molecule has 25 heavy (non-hydrogen) atoms. The Hall–Kier alpha value is -2.80. The number of pyridine rings is 2. The predicted molar refractivity (Wildman–Crippen MR) is 95.3 cm³/mol. The minimum Gasteiger partial charge on any atom is -0.438 e. The second-order valence-electron chi connectivity index (χ2n) is 5.18. The van der Waals surface area contributed by atoms with Crippen LogP contribution in [-0.2, 0) is 0 Å². The van der Waals surface area contributed by atoms with Gasteiger partial charge in [0.2, 0.25) is 5.88 Å². The summed E-state index contributed by atoms with van der Waals surface area (Å²) in [7, 11) is 0. The Morgan fingerprint density at radius 2 is 2.04 bits per heavy atom. The van der Waals surface area contributed by atoms with Crippen LogP contribution in [0.2, 0.25) is 0 Å². The summed E-state index contributed by atoms with van der Waals surface area (Å²) in [6.45, 7) is 1.84. The van der Waals surface area contributed by atoms with Gasteiger partial charge in [0, 0.05) is 18.0 Å². The zero-order chi connectivity index (χ0) is 17.8. The van der Waals surface area contributed by atoms with Gasteiger partial charge in [0.05, 0.1) is 10.0 Å². The molecule has 0 fully saturated rings. The van der Waals surface area contributed by atoms with E-state index in [9.17, 15) is 9.18 Å². The molecule has 5 nitrogen and oxygen atoms in total. The first-order valence-electron chi connectivity index (χ1n) is 7.35. The van der Waals surface area contributed by atoms with Crippen LogP contribution < -0.4 is 10.1 Å². The van der Waals surface area contributed by atoms with Crippen molar-refractivity contribution in [1.82, 2.24) is 9.97 Å². The fourth-order valence-corrected chi connectivity index (χ4v) is 2.48. The monoisotopic (exact) mass is 401 g/mol. The Morgan fingerprint density at radius 1 is 1.20 bits per heavy atom. The van der Waals surface area contributed by atoms with E-state index in [1.165, 1.54) is 24.4 Å². The Bertz CT molecular complexity index is 916. The summed E-state index contributed by atoms with van der Waals surface area (Å²) >= 11 is 3.22. The van der Waals surface area contributed by atoms with Gasteiger partial charge < -0.3 is 10.1 Å². The van der Waals surface area contributed by atoms with Crippen molar-refractivity contribution >= 4 is 27.7 Å². The van der Waals surface area contributed by atoms with Gasteiger partial charge in [-0.25, -0.2) is 14.4 Å². The molecule has 0 saturated carbocycles. The first-order valence-corrected chi connectivity index (χ1v) is 8.14. The third kappa shape index (κ3) is 4.39. The molecule has 0 unspecified atom stereocenters. The Balaban J connectivity index is 1.70. The third-order valence-corrected chi connectivity index (χ3v) is 3.86. The van der Waals surface area contributed by atoms with Crippen molar-refractivity contribution in [3.05, 3.63) is 76.3 Å². The van der Waals surface area contributed by atoms with Crippen LogP contribution in [0.5, 0.6) is 11.6 Å². The number of carbonyl (C=O) groups is 1. The smallest absolute Gasteiger partial charge is 0.258 e. The summed E-state index contributed by atoms with van der Waals surface area (Å²) < 4.78 is 19.1. The number of ether oxygens (including phenoxy) is 1. The van der Waals surface area contributed by atoms with Crippen molar-refractivity contribution in [1.29, 1.82) is 0 Å². The minimum atomic E-state index is -0.371. The molecule has 2 heterocycles. The summed E-state index contributed by atoms with van der Waals surface area (Å²) in [5, 5.41) is 2.70. The van der Waals surface area contributed by atoms with Crippen molar-refractivity contribution in [3.8, 4) is 11.6 Å². The summed E-state index contributed by atoms with van der Waals surface area (Å²) in [5.41, 5.74) is 1.18. The van der Waals surface area contributed by atoms with Crippen LogP contribution in [-0.4, -0.2) is 15.9 Å². The van der Waals surface area contributed by atoms with Crippen LogP contribution in [0.25, 0.3) is 0 Å². The summed E-state index contributed by atoms with van der Waals surface area (Å²) in [5.74, 6) is 0.497. The number of carbonyl (C=O) groups excluding carboxylic acids is 1. The van der Waals surface area contributed by atoms with Gasteiger partial charge in [0.25, 0.3) is 5.91 Å². The van der Waals surface area contributed by atoms with E-state index < -0.39 is 0 Å². The highest BCUT2D eigenvalue weighted by molar-refractivity contribution is 9.10. The second-order valence-corrected chi connectivity index (χ2v) is 6.03. The van der Waals surface area contributed by atoms with Crippen LogP contribution in [0.1, 0.15) is 16.1 Å². The lowest BCUT2D eigenvalue weighted by atomic mass is 10.2. The molecule has 126 valence electrons. The van der Waals surface area contributed by atoms with Crippen molar-refractivity contribution in [3.63, 3.8) is 0 Å². The maximum Gasteiger partial charge on any atom is 0.258 e. The molecule has 1 amide bonds. The number of nitrogens with zero attached hydrogens (tertiary/aromatic N) is 2. The quantitative estimate of drug-likeness (QED) is 0.685. The molecule has 1 aromatic carbocycles. The van der Waals surface area contributed by atoms with Crippen LogP contribution in [0.15, 0.2) is 59.2 Å². The molecule has 2 aromatic heterocycles. The van der Waals surface area contributed by atoms with Gasteiger partial charge in [0.1, 0.15) is 17.4 Å². The molecule has 0 atom stereocenters. The van der Waals surface area contributed by atoms with Gasteiger partial charge in [-0.2, -0.15) is 0 Å². The molecule has 0 radical (unpaired) electrons. The predicted octanol–water partition coefficient (Wildman–Crippen LogP) is 4.73. The Labute approximate surface area is 152 Å². The van der Waals surface area contributed by atoms with Crippen LogP contribution in [0.4, 0.5) is 10.2 Å². The van der Waals surface area contributed by atoms with Gasteiger partial charge in [-0.3, -0.25) is 4.79 Å². The van der Waals surface area contributed by atoms with Gasteiger partial charge >= 0.3 is 0 Å². The molecular formula is C18H13BrFN3O2. The molecule has 1 N–H and O–H groups in total. The number of rotatable bonds is 4. The first-order chi connectivity index (χ1) is 12.0. The maximum absolute atomic E-state index is 13.1. The van der Waals surface area contributed by atoms with E-state index in [1.807, 2.05) is 19.1 Å². The molecule has 0 spiro atoms. The molecule has 0 bridgehead atoms. The Morgan fingerprint density at radius 3 is 2.72 bits per heavy atom. The lowest BCUT2D eigenvalue weighted by Crippen LogP contribution is -2.13. The highest BCUT2D eigenvalue weighted by Crippen LogP contribution is 2.29.